The van der Waals surface area contributed by atoms with E-state index in [4.69, 9.17) is 0 Å². The fraction of sp³-hybridized carbons (Fsp3) is 0.286. The zero-order chi connectivity index (χ0) is 27.4. The average molecular weight is 516 g/mol. The largest absolute Gasteiger partial charge is 0.330 e. The first-order valence-electron chi connectivity index (χ1n) is 12.3. The van der Waals surface area contributed by atoms with Crippen LogP contribution in [0.3, 0.4) is 0 Å². The Hall–Kier alpha value is -4.44. The normalized spacial score (nSPS) is 14.5. The Bertz CT molecular complexity index is 1330. The average Bonchev–Trinajstić information content (AvgIpc) is 3.41. The van der Waals surface area contributed by atoms with Gasteiger partial charge in [0.2, 0.25) is 5.91 Å². The second-order valence-corrected chi connectivity index (χ2v) is 9.97. The van der Waals surface area contributed by atoms with Crippen LogP contribution in [0.15, 0.2) is 67.3 Å². The van der Waals surface area contributed by atoms with Gasteiger partial charge in [-0.05, 0) is 63.8 Å². The lowest BCUT2D eigenvalue weighted by Crippen LogP contribution is -2.48. The number of urea groups is 1. The minimum Gasteiger partial charge on any atom is -0.330 e. The van der Waals surface area contributed by atoms with Crippen molar-refractivity contribution in [2.75, 3.05) is 31.3 Å². The molecular weight excluding hydrogens is 482 g/mol. The fourth-order valence-corrected chi connectivity index (χ4v) is 4.53. The number of aromatic amines is 1. The number of hydrogen-bond acceptors (Lipinski definition) is 5. The molecule has 0 radical (unpaired) electrons. The van der Waals surface area contributed by atoms with E-state index >= 15 is 0 Å². The number of aromatic nitrogens is 2. The first kappa shape index (κ1) is 26.6. The van der Waals surface area contributed by atoms with Crippen LogP contribution in [0.5, 0.6) is 0 Å². The molecular formula is C28H33N7O3. The number of H-pyrrole nitrogens is 1. The molecule has 0 aliphatic carbocycles. The van der Waals surface area contributed by atoms with E-state index in [0.717, 1.165) is 16.8 Å². The van der Waals surface area contributed by atoms with Crippen LogP contribution in [0.1, 0.15) is 47.1 Å². The van der Waals surface area contributed by atoms with Crippen molar-refractivity contribution in [2.45, 2.75) is 32.0 Å². The standard InChI is InChI=1S/C28H33N7O3/c1-6-23(36)29-20-14-12-19(13-15-20)26(37)31-25-21-16-35(28(2,3)24(21)32-33-25)27(38)30-22(17-34(4)5)18-10-8-7-9-11-18/h6-15,22H,1,16-17H2,2-5H3,(H,29,36)(H,30,38)(H2,31,32,33,37). The van der Waals surface area contributed by atoms with Gasteiger partial charge in [-0.1, -0.05) is 36.9 Å². The molecule has 0 saturated heterocycles. The zero-order valence-electron chi connectivity index (χ0n) is 22.0. The van der Waals surface area contributed by atoms with E-state index in [0.29, 0.717) is 23.6 Å². The summed E-state index contributed by atoms with van der Waals surface area (Å²) in [5.74, 6) is -0.302. The minimum atomic E-state index is -0.667. The highest BCUT2D eigenvalue weighted by atomic mass is 16.2. The van der Waals surface area contributed by atoms with Gasteiger partial charge in [0.15, 0.2) is 5.82 Å². The van der Waals surface area contributed by atoms with Gasteiger partial charge in [0.05, 0.1) is 23.8 Å². The number of amides is 4. The molecule has 2 aromatic carbocycles. The predicted octanol–water partition coefficient (Wildman–Crippen LogP) is 3.85. The number of benzene rings is 2. The van der Waals surface area contributed by atoms with Crippen LogP contribution in [-0.2, 0) is 16.9 Å². The van der Waals surface area contributed by atoms with Gasteiger partial charge >= 0.3 is 6.03 Å². The van der Waals surface area contributed by atoms with E-state index in [1.807, 2.05) is 63.2 Å². The maximum Gasteiger partial charge on any atom is 0.319 e. The van der Waals surface area contributed by atoms with E-state index in [9.17, 15) is 14.4 Å². The third-order valence-corrected chi connectivity index (χ3v) is 6.59. The van der Waals surface area contributed by atoms with Crippen molar-refractivity contribution in [2.24, 2.45) is 0 Å². The highest BCUT2D eigenvalue weighted by Crippen LogP contribution is 2.40. The van der Waals surface area contributed by atoms with Crippen LogP contribution >= 0.6 is 0 Å². The Labute approximate surface area is 222 Å². The van der Waals surface area contributed by atoms with E-state index < -0.39 is 5.54 Å². The molecule has 10 nitrogen and oxygen atoms in total. The third-order valence-electron chi connectivity index (χ3n) is 6.59. The lowest BCUT2D eigenvalue weighted by atomic mass is 10.0. The fourth-order valence-electron chi connectivity index (χ4n) is 4.53. The second-order valence-electron chi connectivity index (χ2n) is 9.97. The Morgan fingerprint density at radius 2 is 1.79 bits per heavy atom. The minimum absolute atomic E-state index is 0.190. The number of nitrogens with zero attached hydrogens (tertiary/aromatic N) is 3. The Balaban J connectivity index is 1.48. The molecule has 10 heteroatoms. The van der Waals surface area contributed by atoms with E-state index in [-0.39, 0.29) is 30.4 Å². The number of rotatable bonds is 8. The lowest BCUT2D eigenvalue weighted by Gasteiger charge is -2.34. The number of fused-ring (bicyclic) bond motifs is 1. The molecule has 198 valence electrons. The van der Waals surface area contributed by atoms with Crippen LogP contribution in [0.4, 0.5) is 16.3 Å². The summed E-state index contributed by atoms with van der Waals surface area (Å²) >= 11 is 0. The molecule has 0 saturated carbocycles. The Kier molecular flexibility index (Phi) is 7.63. The molecule has 1 aliphatic heterocycles. The summed E-state index contributed by atoms with van der Waals surface area (Å²) in [6.45, 7) is 8.25. The molecule has 3 aromatic rings. The van der Waals surface area contributed by atoms with Gasteiger partial charge in [0.1, 0.15) is 0 Å². The van der Waals surface area contributed by atoms with Crippen molar-refractivity contribution in [1.29, 1.82) is 0 Å². The number of carbonyl (C=O) groups excluding carboxylic acids is 3. The molecule has 0 fully saturated rings. The Morgan fingerprint density at radius 3 is 2.42 bits per heavy atom. The highest BCUT2D eigenvalue weighted by molar-refractivity contribution is 6.05. The summed E-state index contributed by atoms with van der Waals surface area (Å²) in [5, 5.41) is 16.0. The maximum absolute atomic E-state index is 13.5. The summed E-state index contributed by atoms with van der Waals surface area (Å²) in [7, 11) is 3.94. The van der Waals surface area contributed by atoms with Gasteiger partial charge in [-0.25, -0.2) is 4.79 Å². The molecule has 0 bridgehead atoms. The van der Waals surface area contributed by atoms with E-state index in [1.165, 1.54) is 6.08 Å². The summed E-state index contributed by atoms with van der Waals surface area (Å²) < 4.78 is 0. The van der Waals surface area contributed by atoms with Crippen molar-refractivity contribution < 1.29 is 14.4 Å². The summed E-state index contributed by atoms with van der Waals surface area (Å²) in [6.07, 6.45) is 1.17. The lowest BCUT2D eigenvalue weighted by molar-refractivity contribution is -0.111. The number of hydrogen-bond donors (Lipinski definition) is 4. The Morgan fingerprint density at radius 1 is 1.11 bits per heavy atom. The first-order chi connectivity index (χ1) is 18.1. The van der Waals surface area contributed by atoms with Crippen molar-refractivity contribution in [3.8, 4) is 0 Å². The topological polar surface area (TPSA) is 122 Å². The van der Waals surface area contributed by atoms with Gasteiger partial charge in [-0.15, -0.1) is 0 Å². The molecule has 1 aliphatic rings. The van der Waals surface area contributed by atoms with Crippen molar-refractivity contribution in [1.82, 2.24) is 25.3 Å². The van der Waals surface area contributed by atoms with Gasteiger partial charge in [0, 0.05) is 23.4 Å². The van der Waals surface area contributed by atoms with Crippen molar-refractivity contribution in [3.05, 3.63) is 89.6 Å². The molecule has 4 rings (SSSR count). The molecule has 1 atom stereocenters. The van der Waals surface area contributed by atoms with Gasteiger partial charge in [0.25, 0.3) is 5.91 Å². The number of anilines is 2. The van der Waals surface area contributed by atoms with Crippen LogP contribution in [0.2, 0.25) is 0 Å². The smallest absolute Gasteiger partial charge is 0.319 e. The summed E-state index contributed by atoms with van der Waals surface area (Å²) in [6, 6.07) is 16.0. The SMILES string of the molecule is C=CC(=O)Nc1ccc(C(=O)Nc2n[nH]c3c2CN(C(=O)NC(CN(C)C)c2ccccc2)C3(C)C)cc1. The summed E-state index contributed by atoms with van der Waals surface area (Å²) in [4.78, 5) is 41.7. The van der Waals surface area contributed by atoms with Gasteiger partial charge < -0.3 is 25.8 Å². The van der Waals surface area contributed by atoms with Crippen molar-refractivity contribution in [3.63, 3.8) is 0 Å². The van der Waals surface area contributed by atoms with Gasteiger partial charge in [-0.3, -0.25) is 14.7 Å². The number of likely N-dealkylation sites (N-methyl/N-ethyl adjacent to an activating group) is 1. The van der Waals surface area contributed by atoms with Crippen molar-refractivity contribution >= 4 is 29.4 Å². The van der Waals surface area contributed by atoms with E-state index in [2.05, 4.69) is 32.7 Å². The molecule has 1 aromatic heterocycles. The summed E-state index contributed by atoms with van der Waals surface area (Å²) in [5.41, 5.74) is 2.85. The monoisotopic (exact) mass is 515 g/mol. The molecule has 4 N–H and O–H groups in total. The quantitative estimate of drug-likeness (QED) is 0.340. The van der Waals surface area contributed by atoms with E-state index in [1.54, 1.807) is 29.2 Å². The van der Waals surface area contributed by atoms with Crippen LogP contribution in [0, 0.1) is 0 Å². The molecule has 1 unspecified atom stereocenters. The maximum atomic E-state index is 13.5. The van der Waals surface area contributed by atoms with Crippen LogP contribution < -0.4 is 16.0 Å². The van der Waals surface area contributed by atoms with Crippen LogP contribution in [-0.4, -0.2) is 58.5 Å². The highest BCUT2D eigenvalue weighted by Gasteiger charge is 2.44. The molecule has 38 heavy (non-hydrogen) atoms. The third kappa shape index (κ3) is 5.60. The molecule has 2 heterocycles. The number of carbonyl (C=O) groups is 3. The zero-order valence-corrected chi connectivity index (χ0v) is 22.0. The molecule has 0 spiro atoms. The molecule has 4 amide bonds. The number of nitrogens with one attached hydrogen (secondary N) is 4. The predicted molar refractivity (Wildman–Crippen MR) is 147 cm³/mol. The van der Waals surface area contributed by atoms with Gasteiger partial charge in [-0.2, -0.15) is 5.10 Å². The van der Waals surface area contributed by atoms with Crippen LogP contribution in [0.25, 0.3) is 0 Å². The first-order valence-corrected chi connectivity index (χ1v) is 12.3. The second kappa shape index (κ2) is 10.9.